The summed E-state index contributed by atoms with van der Waals surface area (Å²) < 4.78 is 11.0. The van der Waals surface area contributed by atoms with Gasteiger partial charge in [-0.15, -0.1) is 0 Å². The second-order valence-corrected chi connectivity index (χ2v) is 5.65. The molecule has 0 radical (unpaired) electrons. The molecule has 2 rings (SSSR count). The summed E-state index contributed by atoms with van der Waals surface area (Å²) in [4.78, 5) is 13.9. The Morgan fingerprint density at radius 2 is 1.90 bits per heavy atom. The van der Waals surface area contributed by atoms with Crippen LogP contribution in [0.5, 0.6) is 0 Å². The van der Waals surface area contributed by atoms with Crippen LogP contribution in [-0.4, -0.2) is 46.4 Å². The van der Waals surface area contributed by atoms with Crippen molar-refractivity contribution in [2.24, 2.45) is 0 Å². The van der Waals surface area contributed by atoms with E-state index in [1.54, 1.807) is 0 Å². The lowest BCUT2D eigenvalue weighted by Gasteiger charge is -2.35. The summed E-state index contributed by atoms with van der Waals surface area (Å²) in [5.74, 6) is -0.103. The summed E-state index contributed by atoms with van der Waals surface area (Å²) in [5.41, 5.74) is 0.520. The van der Waals surface area contributed by atoms with Gasteiger partial charge in [0.1, 0.15) is 13.2 Å². The molecule has 110 valence electrons. The number of ether oxygens (including phenoxy) is 2. The lowest BCUT2D eigenvalue weighted by molar-refractivity contribution is -0.858. The average molecular weight is 278 g/mol. The van der Waals surface area contributed by atoms with Gasteiger partial charge in [-0.2, -0.15) is 0 Å². The molecule has 1 aromatic rings. The fourth-order valence-corrected chi connectivity index (χ4v) is 2.57. The molecule has 1 aromatic carbocycles. The van der Waals surface area contributed by atoms with Gasteiger partial charge in [0.05, 0.1) is 19.5 Å². The number of benzene rings is 1. The number of likely N-dealkylation sites (N-methyl/N-ethyl adjacent to an activating group) is 1. The van der Waals surface area contributed by atoms with E-state index in [1.165, 1.54) is 4.90 Å². The van der Waals surface area contributed by atoms with Crippen molar-refractivity contribution in [2.45, 2.75) is 18.3 Å². The molecule has 0 unspecified atom stereocenters. The number of carbonyl (C=O) groups is 1. The van der Waals surface area contributed by atoms with E-state index in [1.807, 2.05) is 30.3 Å². The summed E-state index contributed by atoms with van der Waals surface area (Å²) in [6.45, 7) is 2.52. The molecule has 1 heterocycles. The maximum absolute atomic E-state index is 12.6. The molecular formula is C16H24NO3+. The van der Waals surface area contributed by atoms with Crippen LogP contribution in [0.3, 0.4) is 0 Å². The molecule has 0 amide bonds. The van der Waals surface area contributed by atoms with Crippen LogP contribution in [0.15, 0.2) is 30.3 Å². The number of quaternary nitrogens is 1. The van der Waals surface area contributed by atoms with Crippen molar-refractivity contribution in [2.75, 3.05) is 40.5 Å². The molecule has 20 heavy (non-hydrogen) atoms. The molecule has 1 N–H and O–H groups in total. The SMILES string of the molecule is C[NH+](C)CCOC(=O)C1(c2ccccc2)CCOCC1. The Kier molecular flexibility index (Phi) is 5.15. The van der Waals surface area contributed by atoms with Crippen LogP contribution >= 0.6 is 0 Å². The summed E-state index contributed by atoms with van der Waals surface area (Å²) in [7, 11) is 4.10. The zero-order valence-electron chi connectivity index (χ0n) is 12.4. The monoisotopic (exact) mass is 278 g/mol. The van der Waals surface area contributed by atoms with Crippen LogP contribution in [0.1, 0.15) is 18.4 Å². The largest absolute Gasteiger partial charge is 0.459 e. The summed E-state index contributed by atoms with van der Waals surface area (Å²) in [6.07, 6.45) is 1.40. The van der Waals surface area contributed by atoms with Crippen molar-refractivity contribution in [3.63, 3.8) is 0 Å². The van der Waals surface area contributed by atoms with Gasteiger partial charge in [-0.3, -0.25) is 4.79 Å². The van der Waals surface area contributed by atoms with Crippen molar-refractivity contribution >= 4 is 5.97 Å². The van der Waals surface area contributed by atoms with Crippen LogP contribution in [0, 0.1) is 0 Å². The zero-order chi connectivity index (χ0) is 14.4. The lowest BCUT2D eigenvalue weighted by Crippen LogP contribution is -3.06. The van der Waals surface area contributed by atoms with Gasteiger partial charge in [-0.1, -0.05) is 30.3 Å². The highest BCUT2D eigenvalue weighted by Gasteiger charge is 2.43. The molecule has 0 spiro atoms. The molecular weight excluding hydrogens is 254 g/mol. The minimum absolute atomic E-state index is 0.103. The number of carbonyl (C=O) groups excluding carboxylic acids is 1. The molecule has 1 saturated heterocycles. The number of nitrogens with one attached hydrogen (secondary N) is 1. The van der Waals surface area contributed by atoms with Crippen molar-refractivity contribution in [3.05, 3.63) is 35.9 Å². The van der Waals surface area contributed by atoms with Gasteiger partial charge in [0.25, 0.3) is 0 Å². The smallest absolute Gasteiger partial charge is 0.316 e. The van der Waals surface area contributed by atoms with E-state index in [9.17, 15) is 4.79 Å². The van der Waals surface area contributed by atoms with Gasteiger partial charge in [0.15, 0.2) is 0 Å². The van der Waals surface area contributed by atoms with Crippen molar-refractivity contribution in [1.29, 1.82) is 0 Å². The van der Waals surface area contributed by atoms with Crippen LogP contribution in [0.2, 0.25) is 0 Å². The normalized spacial score (nSPS) is 17.9. The van der Waals surface area contributed by atoms with Crippen LogP contribution in [0.4, 0.5) is 0 Å². The van der Waals surface area contributed by atoms with Gasteiger partial charge in [-0.05, 0) is 18.4 Å². The first-order valence-corrected chi connectivity index (χ1v) is 7.25. The summed E-state index contributed by atoms with van der Waals surface area (Å²) in [5, 5.41) is 0. The molecule has 4 nitrogen and oxygen atoms in total. The van der Waals surface area contributed by atoms with E-state index in [-0.39, 0.29) is 5.97 Å². The topological polar surface area (TPSA) is 40.0 Å². The first kappa shape index (κ1) is 15.0. The molecule has 0 aromatic heterocycles. The van der Waals surface area contributed by atoms with Gasteiger partial charge >= 0.3 is 5.97 Å². The zero-order valence-corrected chi connectivity index (χ0v) is 12.4. The third-order valence-electron chi connectivity index (χ3n) is 3.90. The minimum atomic E-state index is -0.527. The Balaban J connectivity index is 2.13. The van der Waals surface area contributed by atoms with Crippen LogP contribution < -0.4 is 4.90 Å². The summed E-state index contributed by atoms with van der Waals surface area (Å²) >= 11 is 0. The number of hydrogen-bond acceptors (Lipinski definition) is 3. The third kappa shape index (κ3) is 3.38. The predicted octanol–water partition coefficient (Wildman–Crippen LogP) is 0.423. The highest BCUT2D eigenvalue weighted by molar-refractivity contribution is 5.83. The van der Waals surface area contributed by atoms with Crippen molar-refractivity contribution < 1.29 is 19.2 Å². The maximum Gasteiger partial charge on any atom is 0.316 e. The predicted molar refractivity (Wildman–Crippen MR) is 76.8 cm³/mol. The Hall–Kier alpha value is -1.39. The standard InChI is InChI=1S/C16H23NO3/c1-17(2)10-13-20-15(18)16(8-11-19-12-9-16)14-6-4-3-5-7-14/h3-7H,8-13H2,1-2H3/p+1. The van der Waals surface area contributed by atoms with E-state index in [0.717, 1.165) is 12.1 Å². The molecule has 0 atom stereocenters. The fourth-order valence-electron chi connectivity index (χ4n) is 2.57. The number of hydrogen-bond donors (Lipinski definition) is 1. The molecule has 1 aliphatic heterocycles. The molecule has 1 fully saturated rings. The minimum Gasteiger partial charge on any atom is -0.459 e. The van der Waals surface area contributed by atoms with Crippen molar-refractivity contribution in [3.8, 4) is 0 Å². The van der Waals surface area contributed by atoms with Crippen molar-refractivity contribution in [1.82, 2.24) is 0 Å². The van der Waals surface area contributed by atoms with E-state index < -0.39 is 5.41 Å². The quantitative estimate of drug-likeness (QED) is 0.794. The Bertz CT molecular complexity index is 425. The highest BCUT2D eigenvalue weighted by atomic mass is 16.5. The van der Waals surface area contributed by atoms with Gasteiger partial charge < -0.3 is 14.4 Å². The Labute approximate surface area is 120 Å². The molecule has 4 heteroatoms. The number of esters is 1. The Morgan fingerprint density at radius 1 is 1.25 bits per heavy atom. The van der Waals surface area contributed by atoms with E-state index >= 15 is 0 Å². The first-order chi connectivity index (χ1) is 9.65. The highest BCUT2D eigenvalue weighted by Crippen LogP contribution is 2.36. The van der Waals surface area contributed by atoms with Crippen LogP contribution in [-0.2, 0) is 19.7 Å². The molecule has 1 aliphatic rings. The molecule has 0 bridgehead atoms. The second-order valence-electron chi connectivity index (χ2n) is 5.65. The lowest BCUT2D eigenvalue weighted by atomic mass is 9.74. The Morgan fingerprint density at radius 3 is 2.50 bits per heavy atom. The first-order valence-electron chi connectivity index (χ1n) is 7.25. The van der Waals surface area contributed by atoms with Crippen LogP contribution in [0.25, 0.3) is 0 Å². The molecule has 0 saturated carbocycles. The van der Waals surface area contributed by atoms with Gasteiger partial charge in [-0.25, -0.2) is 0 Å². The van der Waals surface area contributed by atoms with E-state index in [4.69, 9.17) is 9.47 Å². The van der Waals surface area contributed by atoms with E-state index in [2.05, 4.69) is 14.1 Å². The number of rotatable bonds is 5. The van der Waals surface area contributed by atoms with E-state index in [0.29, 0.717) is 32.7 Å². The van der Waals surface area contributed by atoms with Gasteiger partial charge in [0, 0.05) is 13.2 Å². The maximum atomic E-state index is 12.6. The second kappa shape index (κ2) is 6.86. The molecule has 0 aliphatic carbocycles. The van der Waals surface area contributed by atoms with Gasteiger partial charge in [0.2, 0.25) is 0 Å². The average Bonchev–Trinajstić information content (AvgIpc) is 2.48. The summed E-state index contributed by atoms with van der Waals surface area (Å²) in [6, 6.07) is 9.96. The fraction of sp³-hybridized carbons (Fsp3) is 0.562. The third-order valence-corrected chi connectivity index (χ3v) is 3.90.